The molecule has 2 heteroatoms. The van der Waals surface area contributed by atoms with Crippen LogP contribution in [0.25, 0.3) is 0 Å². The van der Waals surface area contributed by atoms with Crippen LogP contribution in [0, 0.1) is 11.8 Å². The lowest BCUT2D eigenvalue weighted by Gasteiger charge is -2.44. The first-order chi connectivity index (χ1) is 7.34. The molecule has 2 saturated carbocycles. The Kier molecular flexibility index (Phi) is 2.57. The summed E-state index contributed by atoms with van der Waals surface area (Å²) in [6.07, 6.45) is 11.9. The maximum Gasteiger partial charge on any atom is 0.0693 e. The minimum Gasteiger partial charge on any atom is -0.392 e. The molecule has 15 heavy (non-hydrogen) atoms. The maximum absolute atomic E-state index is 9.90. The lowest BCUT2D eigenvalue weighted by Crippen LogP contribution is -2.55. The fourth-order valence-corrected chi connectivity index (χ4v) is 3.49. The summed E-state index contributed by atoms with van der Waals surface area (Å²) >= 11 is 0. The van der Waals surface area contributed by atoms with Gasteiger partial charge >= 0.3 is 0 Å². The van der Waals surface area contributed by atoms with Crippen molar-refractivity contribution >= 4 is 0 Å². The van der Waals surface area contributed by atoms with Gasteiger partial charge in [0, 0.05) is 12.1 Å². The molecule has 3 aliphatic carbocycles. The van der Waals surface area contributed by atoms with E-state index >= 15 is 0 Å². The van der Waals surface area contributed by atoms with Crippen LogP contribution in [0.2, 0.25) is 0 Å². The van der Waals surface area contributed by atoms with Gasteiger partial charge in [0.25, 0.3) is 0 Å². The lowest BCUT2D eigenvalue weighted by atomic mass is 9.70. The van der Waals surface area contributed by atoms with E-state index in [-0.39, 0.29) is 6.10 Å². The first kappa shape index (κ1) is 9.86. The first-order valence-corrected chi connectivity index (χ1v) is 6.45. The van der Waals surface area contributed by atoms with Gasteiger partial charge in [0.1, 0.15) is 0 Å². The highest BCUT2D eigenvalue weighted by Gasteiger charge is 2.42. The minimum atomic E-state index is -0.0943. The van der Waals surface area contributed by atoms with Gasteiger partial charge in [-0.1, -0.05) is 25.0 Å². The van der Waals surface area contributed by atoms with Crippen molar-refractivity contribution in [2.24, 2.45) is 11.8 Å². The molecule has 0 radical (unpaired) electrons. The van der Waals surface area contributed by atoms with E-state index in [1.54, 1.807) is 0 Å². The summed E-state index contributed by atoms with van der Waals surface area (Å²) in [4.78, 5) is 0. The molecule has 0 spiro atoms. The van der Waals surface area contributed by atoms with Gasteiger partial charge in [-0.15, -0.1) is 0 Å². The van der Waals surface area contributed by atoms with Gasteiger partial charge < -0.3 is 10.4 Å². The second-order valence-electron chi connectivity index (χ2n) is 5.47. The molecule has 0 aliphatic heterocycles. The number of hydrogen-bond acceptors (Lipinski definition) is 2. The topological polar surface area (TPSA) is 32.3 Å². The molecule has 0 amide bonds. The molecule has 0 saturated heterocycles. The molecule has 0 aromatic rings. The smallest absolute Gasteiger partial charge is 0.0693 e. The quantitative estimate of drug-likeness (QED) is 0.677. The zero-order valence-electron chi connectivity index (χ0n) is 9.23. The Morgan fingerprint density at radius 1 is 1.13 bits per heavy atom. The highest BCUT2D eigenvalue weighted by molar-refractivity contribution is 5.13. The van der Waals surface area contributed by atoms with E-state index in [1.807, 2.05) is 0 Å². The third-order valence-corrected chi connectivity index (χ3v) is 4.52. The van der Waals surface area contributed by atoms with Gasteiger partial charge in [0.05, 0.1) is 6.10 Å². The second-order valence-corrected chi connectivity index (χ2v) is 5.47. The number of rotatable bonds is 2. The lowest BCUT2D eigenvalue weighted by molar-refractivity contribution is 0.0575. The van der Waals surface area contributed by atoms with Crippen LogP contribution in [-0.4, -0.2) is 23.3 Å². The fourth-order valence-electron chi connectivity index (χ4n) is 3.49. The molecule has 84 valence electrons. The van der Waals surface area contributed by atoms with Crippen molar-refractivity contribution in [3.05, 3.63) is 12.2 Å². The van der Waals surface area contributed by atoms with Crippen LogP contribution in [-0.2, 0) is 0 Å². The molecule has 0 bridgehead atoms. The zero-order chi connectivity index (χ0) is 10.3. The zero-order valence-corrected chi connectivity index (χ0v) is 9.23. The molecule has 0 heterocycles. The highest BCUT2D eigenvalue weighted by Crippen LogP contribution is 2.43. The Morgan fingerprint density at radius 2 is 2.00 bits per heavy atom. The van der Waals surface area contributed by atoms with Crippen LogP contribution in [0.15, 0.2) is 12.2 Å². The van der Waals surface area contributed by atoms with Gasteiger partial charge in [0.15, 0.2) is 0 Å². The Hall–Kier alpha value is -0.340. The molecule has 3 aliphatic rings. The largest absolute Gasteiger partial charge is 0.392 e. The van der Waals surface area contributed by atoms with Gasteiger partial charge in [-0.2, -0.15) is 0 Å². The van der Waals surface area contributed by atoms with E-state index in [4.69, 9.17) is 0 Å². The molecule has 2 N–H and O–H groups in total. The van der Waals surface area contributed by atoms with Crippen molar-refractivity contribution in [1.82, 2.24) is 5.32 Å². The van der Waals surface area contributed by atoms with Crippen LogP contribution in [0.1, 0.15) is 38.5 Å². The standard InChI is InChI=1S/C13H21NO/c15-13-7-2-1-6-11(13)14-12-8-9-4-3-5-10(9)12/h3,5,9-15H,1-2,4,6-8H2. The van der Waals surface area contributed by atoms with Crippen molar-refractivity contribution in [2.45, 2.75) is 56.7 Å². The van der Waals surface area contributed by atoms with Gasteiger partial charge in [-0.25, -0.2) is 0 Å². The summed E-state index contributed by atoms with van der Waals surface area (Å²) in [5.74, 6) is 1.70. The SMILES string of the molecule is OC1CCCCC1NC1CC2CC=CC21. The number of aliphatic hydroxyl groups is 1. The predicted octanol–water partition coefficient (Wildman–Crippen LogP) is 1.84. The molecule has 2 fully saturated rings. The van der Waals surface area contributed by atoms with Crippen molar-refractivity contribution in [2.75, 3.05) is 0 Å². The summed E-state index contributed by atoms with van der Waals surface area (Å²) in [7, 11) is 0. The van der Waals surface area contributed by atoms with E-state index in [9.17, 15) is 5.11 Å². The predicted molar refractivity (Wildman–Crippen MR) is 60.5 cm³/mol. The maximum atomic E-state index is 9.90. The monoisotopic (exact) mass is 207 g/mol. The normalized spacial score (nSPS) is 48.7. The van der Waals surface area contributed by atoms with Crippen LogP contribution in [0.4, 0.5) is 0 Å². The summed E-state index contributed by atoms with van der Waals surface area (Å²) in [5.41, 5.74) is 0. The Balaban J connectivity index is 1.54. The molecular formula is C13H21NO. The number of hydrogen-bond donors (Lipinski definition) is 2. The molecule has 0 aromatic heterocycles. The van der Waals surface area contributed by atoms with Gasteiger partial charge in [0.2, 0.25) is 0 Å². The van der Waals surface area contributed by atoms with Crippen molar-refractivity contribution < 1.29 is 5.11 Å². The van der Waals surface area contributed by atoms with Crippen LogP contribution < -0.4 is 5.32 Å². The Morgan fingerprint density at radius 3 is 2.80 bits per heavy atom. The van der Waals surface area contributed by atoms with E-state index in [0.717, 1.165) is 18.3 Å². The number of fused-ring (bicyclic) bond motifs is 1. The second kappa shape index (κ2) is 3.91. The number of nitrogens with one attached hydrogen (secondary N) is 1. The molecule has 5 atom stereocenters. The van der Waals surface area contributed by atoms with E-state index in [2.05, 4.69) is 17.5 Å². The van der Waals surface area contributed by atoms with Gasteiger partial charge in [-0.3, -0.25) is 0 Å². The fraction of sp³-hybridized carbons (Fsp3) is 0.846. The molecule has 2 nitrogen and oxygen atoms in total. The molecule has 5 unspecified atom stereocenters. The summed E-state index contributed by atoms with van der Waals surface area (Å²) in [5, 5.41) is 13.6. The summed E-state index contributed by atoms with van der Waals surface area (Å²) in [6.45, 7) is 0. The van der Waals surface area contributed by atoms with Crippen LogP contribution in [0.3, 0.4) is 0 Å². The van der Waals surface area contributed by atoms with Gasteiger partial charge in [-0.05, 0) is 37.5 Å². The molecule has 0 aromatic carbocycles. The number of allylic oxidation sites excluding steroid dienone is 1. The van der Waals surface area contributed by atoms with Crippen LogP contribution >= 0.6 is 0 Å². The molecular weight excluding hydrogens is 186 g/mol. The Labute approximate surface area is 91.8 Å². The van der Waals surface area contributed by atoms with Crippen molar-refractivity contribution in [3.8, 4) is 0 Å². The van der Waals surface area contributed by atoms with E-state index in [0.29, 0.717) is 12.1 Å². The molecule has 3 rings (SSSR count). The van der Waals surface area contributed by atoms with Crippen molar-refractivity contribution in [1.29, 1.82) is 0 Å². The Bertz CT molecular complexity index is 263. The average molecular weight is 207 g/mol. The summed E-state index contributed by atoms with van der Waals surface area (Å²) in [6, 6.07) is 1.03. The van der Waals surface area contributed by atoms with Crippen LogP contribution in [0.5, 0.6) is 0 Å². The number of aliphatic hydroxyl groups excluding tert-OH is 1. The van der Waals surface area contributed by atoms with Crippen molar-refractivity contribution in [3.63, 3.8) is 0 Å². The highest BCUT2D eigenvalue weighted by atomic mass is 16.3. The third-order valence-electron chi connectivity index (χ3n) is 4.52. The average Bonchev–Trinajstić information content (AvgIpc) is 2.59. The summed E-state index contributed by atoms with van der Waals surface area (Å²) < 4.78 is 0. The van der Waals surface area contributed by atoms with E-state index < -0.39 is 0 Å². The third kappa shape index (κ3) is 1.74. The van der Waals surface area contributed by atoms with E-state index in [1.165, 1.54) is 32.1 Å². The first-order valence-electron chi connectivity index (χ1n) is 6.45. The minimum absolute atomic E-state index is 0.0943.